The van der Waals surface area contributed by atoms with Crippen molar-refractivity contribution in [3.05, 3.63) is 29.8 Å². The first kappa shape index (κ1) is 18.3. The Morgan fingerprint density at radius 1 is 1.05 bits per heavy atom. The number of hydrogen-bond acceptors (Lipinski definition) is 3. The fraction of sp³-hybridized carbons (Fsp3) is 0.611. The highest BCUT2D eigenvalue weighted by atomic mass is 16.6. The van der Waals surface area contributed by atoms with E-state index in [1.54, 1.807) is 7.05 Å². The van der Waals surface area contributed by atoms with E-state index in [9.17, 15) is 4.79 Å². The van der Waals surface area contributed by atoms with Crippen molar-refractivity contribution in [1.82, 2.24) is 4.90 Å². The zero-order chi connectivity index (χ0) is 17.0. The van der Waals surface area contributed by atoms with Crippen molar-refractivity contribution in [1.29, 1.82) is 0 Å². The summed E-state index contributed by atoms with van der Waals surface area (Å²) >= 11 is 0. The zero-order valence-corrected chi connectivity index (χ0v) is 14.9. The third kappa shape index (κ3) is 6.37. The van der Waals surface area contributed by atoms with Crippen LogP contribution in [0.15, 0.2) is 24.3 Å². The number of likely N-dealkylation sites (N-methyl/N-ethyl adjacent to an activating group) is 1. The van der Waals surface area contributed by atoms with Gasteiger partial charge in [-0.3, -0.25) is 0 Å². The van der Waals surface area contributed by atoms with Gasteiger partial charge < -0.3 is 14.4 Å². The van der Waals surface area contributed by atoms with E-state index in [4.69, 9.17) is 9.47 Å². The number of benzene rings is 1. The highest BCUT2D eigenvalue weighted by molar-refractivity contribution is 5.67. The summed E-state index contributed by atoms with van der Waals surface area (Å²) in [6.07, 6.45) is -0.334. The molecule has 1 aromatic carbocycles. The number of hydrogen-bond donors (Lipinski definition) is 0. The first-order valence-corrected chi connectivity index (χ1v) is 7.66. The van der Waals surface area contributed by atoms with Gasteiger partial charge in [0.15, 0.2) is 0 Å². The van der Waals surface area contributed by atoms with Gasteiger partial charge in [-0.25, -0.2) is 4.79 Å². The van der Waals surface area contributed by atoms with Gasteiger partial charge in [0.2, 0.25) is 0 Å². The average molecular weight is 307 g/mol. The maximum absolute atomic E-state index is 11.8. The fourth-order valence-electron chi connectivity index (χ4n) is 1.78. The van der Waals surface area contributed by atoms with E-state index in [1.807, 2.05) is 32.9 Å². The third-order valence-electron chi connectivity index (χ3n) is 3.12. The molecule has 0 saturated carbocycles. The first-order chi connectivity index (χ1) is 9.99. The van der Waals surface area contributed by atoms with E-state index in [-0.39, 0.29) is 11.5 Å². The molecule has 1 aromatic rings. The summed E-state index contributed by atoms with van der Waals surface area (Å²) in [6.45, 7) is 13.0. The second-order valence-electron chi connectivity index (χ2n) is 7.52. The smallest absolute Gasteiger partial charge is 0.410 e. The van der Waals surface area contributed by atoms with Crippen LogP contribution in [0.25, 0.3) is 0 Å². The van der Waals surface area contributed by atoms with Crippen LogP contribution in [0.3, 0.4) is 0 Å². The molecular weight excluding hydrogens is 278 g/mol. The number of amides is 1. The van der Waals surface area contributed by atoms with Crippen molar-refractivity contribution in [3.63, 3.8) is 0 Å². The Morgan fingerprint density at radius 3 is 2.05 bits per heavy atom. The van der Waals surface area contributed by atoms with Crippen molar-refractivity contribution in [2.24, 2.45) is 0 Å². The summed E-state index contributed by atoms with van der Waals surface area (Å²) in [7, 11) is 1.71. The molecule has 4 heteroatoms. The Kier molecular flexibility index (Phi) is 5.86. The Bertz CT molecular complexity index is 481. The van der Waals surface area contributed by atoms with Crippen molar-refractivity contribution in [3.8, 4) is 5.75 Å². The van der Waals surface area contributed by atoms with Gasteiger partial charge in [-0.15, -0.1) is 0 Å². The minimum atomic E-state index is -0.477. The lowest BCUT2D eigenvalue weighted by atomic mass is 9.87. The van der Waals surface area contributed by atoms with Crippen LogP contribution in [0.2, 0.25) is 0 Å². The van der Waals surface area contributed by atoms with Gasteiger partial charge in [-0.2, -0.15) is 0 Å². The molecule has 0 fully saturated rings. The van der Waals surface area contributed by atoms with Gasteiger partial charge in [0, 0.05) is 7.05 Å². The Balaban J connectivity index is 2.43. The van der Waals surface area contributed by atoms with Gasteiger partial charge in [0.05, 0.1) is 6.54 Å². The number of nitrogens with zero attached hydrogens (tertiary/aromatic N) is 1. The molecule has 0 bridgehead atoms. The highest BCUT2D eigenvalue weighted by Crippen LogP contribution is 2.24. The molecule has 0 radical (unpaired) electrons. The summed E-state index contributed by atoms with van der Waals surface area (Å²) < 4.78 is 11.0. The van der Waals surface area contributed by atoms with Gasteiger partial charge in [0.25, 0.3) is 0 Å². The van der Waals surface area contributed by atoms with Crippen LogP contribution in [0, 0.1) is 0 Å². The average Bonchev–Trinajstić information content (AvgIpc) is 2.36. The summed E-state index contributed by atoms with van der Waals surface area (Å²) in [4.78, 5) is 13.3. The van der Waals surface area contributed by atoms with Crippen LogP contribution in [0.5, 0.6) is 5.75 Å². The second-order valence-corrected chi connectivity index (χ2v) is 7.52. The van der Waals surface area contributed by atoms with E-state index in [0.717, 1.165) is 5.75 Å². The molecule has 1 amide bonds. The molecule has 0 aliphatic carbocycles. The van der Waals surface area contributed by atoms with Gasteiger partial charge in [-0.1, -0.05) is 32.9 Å². The molecule has 0 atom stereocenters. The molecular formula is C18H29NO3. The minimum Gasteiger partial charge on any atom is -0.492 e. The van der Waals surface area contributed by atoms with E-state index >= 15 is 0 Å². The maximum atomic E-state index is 11.8. The lowest BCUT2D eigenvalue weighted by Crippen LogP contribution is -2.36. The lowest BCUT2D eigenvalue weighted by molar-refractivity contribution is 0.0278. The maximum Gasteiger partial charge on any atom is 0.410 e. The molecule has 1 rings (SSSR count). The molecule has 22 heavy (non-hydrogen) atoms. The molecule has 0 aromatic heterocycles. The number of carbonyl (C=O) groups excluding carboxylic acids is 1. The quantitative estimate of drug-likeness (QED) is 0.835. The van der Waals surface area contributed by atoms with Crippen LogP contribution >= 0.6 is 0 Å². The normalized spacial score (nSPS) is 12.0. The van der Waals surface area contributed by atoms with Gasteiger partial charge >= 0.3 is 6.09 Å². The Morgan fingerprint density at radius 2 is 1.59 bits per heavy atom. The van der Waals surface area contributed by atoms with Gasteiger partial charge in [-0.05, 0) is 43.9 Å². The largest absolute Gasteiger partial charge is 0.492 e. The van der Waals surface area contributed by atoms with E-state index in [1.165, 1.54) is 10.5 Å². The van der Waals surface area contributed by atoms with E-state index in [0.29, 0.717) is 13.2 Å². The van der Waals surface area contributed by atoms with Crippen LogP contribution < -0.4 is 4.74 Å². The van der Waals surface area contributed by atoms with Crippen LogP contribution in [-0.2, 0) is 10.2 Å². The standard InChI is InChI=1S/C18H29NO3/c1-17(2,3)14-8-10-15(11-9-14)21-13-12-19(7)16(20)22-18(4,5)6/h8-11H,12-13H2,1-7H3. The van der Waals surface area contributed by atoms with Gasteiger partial charge in [0.1, 0.15) is 18.0 Å². The third-order valence-corrected chi connectivity index (χ3v) is 3.12. The predicted molar refractivity (Wildman–Crippen MR) is 89.5 cm³/mol. The van der Waals surface area contributed by atoms with Crippen molar-refractivity contribution in [2.75, 3.05) is 20.2 Å². The summed E-state index contributed by atoms with van der Waals surface area (Å²) in [5, 5.41) is 0. The topological polar surface area (TPSA) is 38.8 Å². The van der Waals surface area contributed by atoms with Crippen LogP contribution in [0.1, 0.15) is 47.1 Å². The van der Waals surface area contributed by atoms with Crippen molar-refractivity contribution in [2.45, 2.75) is 52.6 Å². The molecule has 0 unspecified atom stereocenters. The van der Waals surface area contributed by atoms with E-state index in [2.05, 4.69) is 32.9 Å². The monoisotopic (exact) mass is 307 g/mol. The predicted octanol–water partition coefficient (Wildman–Crippen LogP) is 4.23. The molecule has 4 nitrogen and oxygen atoms in total. The second kappa shape index (κ2) is 7.03. The molecule has 0 aliphatic heterocycles. The molecule has 0 spiro atoms. The SMILES string of the molecule is CN(CCOc1ccc(C(C)(C)C)cc1)C(=O)OC(C)(C)C. The number of ether oxygens (including phenoxy) is 2. The Labute approximate surface area is 134 Å². The Hall–Kier alpha value is -1.71. The molecule has 0 saturated heterocycles. The van der Waals surface area contributed by atoms with Crippen LogP contribution in [-0.4, -0.2) is 36.8 Å². The molecule has 0 aliphatic rings. The van der Waals surface area contributed by atoms with Crippen molar-refractivity contribution < 1.29 is 14.3 Å². The van der Waals surface area contributed by atoms with Crippen molar-refractivity contribution >= 4 is 6.09 Å². The molecule has 0 heterocycles. The fourth-order valence-corrected chi connectivity index (χ4v) is 1.78. The summed E-state index contributed by atoms with van der Waals surface area (Å²) in [5.41, 5.74) is 0.926. The zero-order valence-electron chi connectivity index (χ0n) is 14.9. The number of carbonyl (C=O) groups is 1. The highest BCUT2D eigenvalue weighted by Gasteiger charge is 2.19. The lowest BCUT2D eigenvalue weighted by Gasteiger charge is -2.24. The molecule has 124 valence electrons. The van der Waals surface area contributed by atoms with E-state index < -0.39 is 5.60 Å². The number of rotatable bonds is 4. The first-order valence-electron chi connectivity index (χ1n) is 7.66. The molecule has 0 N–H and O–H groups in total. The van der Waals surface area contributed by atoms with Crippen LogP contribution in [0.4, 0.5) is 4.79 Å². The summed E-state index contributed by atoms with van der Waals surface area (Å²) in [6, 6.07) is 8.09. The summed E-state index contributed by atoms with van der Waals surface area (Å²) in [5.74, 6) is 0.811. The minimum absolute atomic E-state index is 0.134.